The van der Waals surface area contributed by atoms with Crippen molar-refractivity contribution in [2.75, 3.05) is 0 Å². The molecule has 0 saturated heterocycles. The van der Waals surface area contributed by atoms with Crippen LogP contribution in [0.4, 0.5) is 0 Å². The number of rotatable bonds is 2. The molecule has 0 bridgehead atoms. The molecule has 1 aromatic rings. The zero-order valence-electron chi connectivity index (χ0n) is 6.99. The lowest BCUT2D eigenvalue weighted by Gasteiger charge is -2.08. The fraction of sp³-hybridized carbons (Fsp3) is 0.222. The van der Waals surface area contributed by atoms with Gasteiger partial charge in [0.1, 0.15) is 0 Å². The van der Waals surface area contributed by atoms with E-state index in [1.807, 2.05) is 35.6 Å². The second-order valence-electron chi connectivity index (χ2n) is 2.77. The Kier molecular flexibility index (Phi) is 3.27. The first-order valence-corrected chi connectivity index (χ1v) is 4.77. The van der Waals surface area contributed by atoms with Crippen LogP contribution in [0.2, 0.25) is 0 Å². The highest BCUT2D eigenvalue weighted by molar-refractivity contribution is 14.1. The van der Waals surface area contributed by atoms with Gasteiger partial charge >= 0.3 is 5.97 Å². The SMILES string of the molecule is Cc1ccc(I)c(C(O)C(=O)O)c1. The van der Waals surface area contributed by atoms with Gasteiger partial charge in [0.2, 0.25) is 0 Å². The van der Waals surface area contributed by atoms with Crippen molar-refractivity contribution in [1.29, 1.82) is 0 Å². The van der Waals surface area contributed by atoms with E-state index in [2.05, 4.69) is 0 Å². The number of aliphatic carboxylic acids is 1. The second-order valence-corrected chi connectivity index (χ2v) is 3.93. The molecule has 0 heterocycles. The third-order valence-corrected chi connectivity index (χ3v) is 2.66. The van der Waals surface area contributed by atoms with Crippen molar-refractivity contribution in [1.82, 2.24) is 0 Å². The monoisotopic (exact) mass is 292 g/mol. The highest BCUT2D eigenvalue weighted by atomic mass is 127. The quantitative estimate of drug-likeness (QED) is 0.816. The lowest BCUT2D eigenvalue weighted by molar-refractivity contribution is -0.147. The average Bonchev–Trinajstić information content (AvgIpc) is 2.08. The van der Waals surface area contributed by atoms with Gasteiger partial charge in [-0.25, -0.2) is 4.79 Å². The van der Waals surface area contributed by atoms with Gasteiger partial charge < -0.3 is 10.2 Å². The fourth-order valence-electron chi connectivity index (χ4n) is 1.01. The summed E-state index contributed by atoms with van der Waals surface area (Å²) in [5.74, 6) is -1.22. The number of aryl methyl sites for hydroxylation is 1. The highest BCUT2D eigenvalue weighted by Gasteiger charge is 2.18. The molecular formula is C9H9IO3. The molecule has 1 aromatic carbocycles. The summed E-state index contributed by atoms with van der Waals surface area (Å²) in [5.41, 5.74) is 1.39. The Labute approximate surface area is 89.5 Å². The lowest BCUT2D eigenvalue weighted by Crippen LogP contribution is -2.11. The molecule has 0 aliphatic rings. The number of halogens is 1. The van der Waals surface area contributed by atoms with Gasteiger partial charge in [-0.05, 0) is 35.6 Å². The molecule has 3 nitrogen and oxygen atoms in total. The number of benzene rings is 1. The molecule has 0 amide bonds. The molecule has 13 heavy (non-hydrogen) atoms. The van der Waals surface area contributed by atoms with E-state index >= 15 is 0 Å². The van der Waals surface area contributed by atoms with Gasteiger partial charge in [0.15, 0.2) is 6.10 Å². The van der Waals surface area contributed by atoms with Crippen LogP contribution in [0.5, 0.6) is 0 Å². The average molecular weight is 292 g/mol. The van der Waals surface area contributed by atoms with E-state index in [1.165, 1.54) is 0 Å². The van der Waals surface area contributed by atoms with Crippen molar-refractivity contribution in [2.45, 2.75) is 13.0 Å². The van der Waals surface area contributed by atoms with Gasteiger partial charge in [-0.15, -0.1) is 0 Å². The fourth-order valence-corrected chi connectivity index (χ4v) is 1.64. The Bertz CT molecular complexity index is 336. The summed E-state index contributed by atoms with van der Waals surface area (Å²) in [6.45, 7) is 1.86. The molecule has 0 saturated carbocycles. The summed E-state index contributed by atoms with van der Waals surface area (Å²) < 4.78 is 0.762. The molecule has 4 heteroatoms. The molecule has 0 fully saturated rings. The maximum absolute atomic E-state index is 10.5. The molecule has 0 spiro atoms. The first-order chi connectivity index (χ1) is 6.02. The minimum atomic E-state index is -1.42. The first-order valence-electron chi connectivity index (χ1n) is 3.69. The van der Waals surface area contributed by atoms with Gasteiger partial charge in [-0.1, -0.05) is 17.7 Å². The Morgan fingerprint density at radius 1 is 1.54 bits per heavy atom. The predicted molar refractivity (Wildman–Crippen MR) is 56.5 cm³/mol. The Hall–Kier alpha value is -0.620. The van der Waals surface area contributed by atoms with Crippen LogP contribution in [-0.4, -0.2) is 16.2 Å². The van der Waals surface area contributed by atoms with Crippen LogP contribution in [-0.2, 0) is 4.79 Å². The topological polar surface area (TPSA) is 57.5 Å². The van der Waals surface area contributed by atoms with Crippen molar-refractivity contribution in [2.24, 2.45) is 0 Å². The van der Waals surface area contributed by atoms with E-state index in [-0.39, 0.29) is 0 Å². The summed E-state index contributed by atoms with van der Waals surface area (Å²) in [7, 11) is 0. The molecule has 1 atom stereocenters. The van der Waals surface area contributed by atoms with Gasteiger partial charge in [0.25, 0.3) is 0 Å². The zero-order valence-corrected chi connectivity index (χ0v) is 9.15. The smallest absolute Gasteiger partial charge is 0.337 e. The standard InChI is InChI=1S/C9H9IO3/c1-5-2-3-7(10)6(4-5)8(11)9(12)13/h2-4,8,11H,1H3,(H,12,13). The van der Waals surface area contributed by atoms with Crippen LogP contribution in [0.25, 0.3) is 0 Å². The molecular weight excluding hydrogens is 283 g/mol. The van der Waals surface area contributed by atoms with Crippen molar-refractivity contribution in [3.63, 3.8) is 0 Å². The largest absolute Gasteiger partial charge is 0.479 e. The minimum Gasteiger partial charge on any atom is -0.479 e. The third-order valence-electron chi connectivity index (χ3n) is 1.68. The number of hydrogen-bond donors (Lipinski definition) is 2. The Morgan fingerprint density at radius 3 is 2.69 bits per heavy atom. The molecule has 0 aliphatic carbocycles. The number of aliphatic hydroxyl groups excluding tert-OH is 1. The van der Waals surface area contributed by atoms with Gasteiger partial charge in [0.05, 0.1) is 0 Å². The molecule has 0 radical (unpaired) electrons. The van der Waals surface area contributed by atoms with E-state index in [0.29, 0.717) is 5.56 Å². The molecule has 70 valence electrons. The summed E-state index contributed by atoms with van der Waals surface area (Å²) in [6.07, 6.45) is -1.42. The van der Waals surface area contributed by atoms with Gasteiger partial charge in [-0.2, -0.15) is 0 Å². The van der Waals surface area contributed by atoms with Gasteiger partial charge in [-0.3, -0.25) is 0 Å². The van der Waals surface area contributed by atoms with E-state index in [4.69, 9.17) is 5.11 Å². The van der Waals surface area contributed by atoms with Crippen LogP contribution < -0.4 is 0 Å². The number of carbonyl (C=O) groups is 1. The number of carboxylic acids is 1. The molecule has 0 aliphatic heterocycles. The van der Waals surface area contributed by atoms with Crippen LogP contribution >= 0.6 is 22.6 Å². The molecule has 2 N–H and O–H groups in total. The van der Waals surface area contributed by atoms with Crippen LogP contribution in [0.15, 0.2) is 18.2 Å². The van der Waals surface area contributed by atoms with Gasteiger partial charge in [0, 0.05) is 9.13 Å². The minimum absolute atomic E-state index is 0.452. The Morgan fingerprint density at radius 2 is 2.15 bits per heavy atom. The van der Waals surface area contributed by atoms with E-state index in [1.54, 1.807) is 12.1 Å². The summed E-state index contributed by atoms with van der Waals surface area (Å²) in [6, 6.07) is 5.35. The number of hydrogen-bond acceptors (Lipinski definition) is 2. The number of aliphatic hydroxyl groups is 1. The number of carboxylic acid groups (broad SMARTS) is 1. The molecule has 1 unspecified atom stereocenters. The van der Waals surface area contributed by atoms with Crippen LogP contribution in [0.1, 0.15) is 17.2 Å². The van der Waals surface area contributed by atoms with Crippen LogP contribution in [0.3, 0.4) is 0 Å². The first kappa shape index (κ1) is 10.5. The maximum atomic E-state index is 10.5. The zero-order chi connectivity index (χ0) is 10.0. The van der Waals surface area contributed by atoms with Crippen LogP contribution in [0, 0.1) is 10.5 Å². The van der Waals surface area contributed by atoms with E-state index in [0.717, 1.165) is 9.13 Å². The summed E-state index contributed by atoms with van der Waals surface area (Å²) >= 11 is 2.00. The van der Waals surface area contributed by atoms with E-state index < -0.39 is 12.1 Å². The molecule has 0 aromatic heterocycles. The summed E-state index contributed by atoms with van der Waals surface area (Å²) in [5, 5.41) is 17.9. The normalized spacial score (nSPS) is 12.5. The Balaban J connectivity index is 3.12. The van der Waals surface area contributed by atoms with Crippen molar-refractivity contribution in [3.05, 3.63) is 32.9 Å². The second kappa shape index (κ2) is 4.06. The summed E-state index contributed by atoms with van der Waals surface area (Å²) in [4.78, 5) is 10.5. The highest BCUT2D eigenvalue weighted by Crippen LogP contribution is 2.21. The third kappa shape index (κ3) is 2.41. The van der Waals surface area contributed by atoms with E-state index in [9.17, 15) is 9.90 Å². The van der Waals surface area contributed by atoms with Crippen molar-refractivity contribution < 1.29 is 15.0 Å². The maximum Gasteiger partial charge on any atom is 0.337 e. The predicted octanol–water partition coefficient (Wildman–Crippen LogP) is 1.72. The molecule has 1 rings (SSSR count). The van der Waals surface area contributed by atoms with Crippen molar-refractivity contribution >= 4 is 28.6 Å². The van der Waals surface area contributed by atoms with Crippen molar-refractivity contribution in [3.8, 4) is 0 Å². The lowest BCUT2D eigenvalue weighted by atomic mass is 10.1.